The molecule has 0 unspecified atom stereocenters. The fourth-order valence-electron chi connectivity index (χ4n) is 3.35. The van der Waals surface area contributed by atoms with Crippen LogP contribution in [0.2, 0.25) is 0 Å². The van der Waals surface area contributed by atoms with Gasteiger partial charge in [0.1, 0.15) is 0 Å². The number of rotatable bonds is 4. The summed E-state index contributed by atoms with van der Waals surface area (Å²) < 4.78 is 28.6. The van der Waals surface area contributed by atoms with Gasteiger partial charge in [0.2, 0.25) is 0 Å². The Labute approximate surface area is 170 Å². The number of benzene rings is 2. The highest BCUT2D eigenvalue weighted by atomic mass is 32.2. The number of allylic oxidation sites excluding steroid dienone is 1. The molecule has 0 spiro atoms. The molecular weight excluding hydrogens is 386 g/mol. The molecule has 1 heterocycles. The predicted octanol–water partition coefficient (Wildman–Crippen LogP) is 3.16. The number of fused-ring (bicyclic) bond motifs is 1. The lowest BCUT2D eigenvalue weighted by molar-refractivity contribution is 0.588. The molecule has 3 rings (SSSR count). The molecule has 6 nitrogen and oxygen atoms in total. The Morgan fingerprint density at radius 3 is 2.45 bits per heavy atom. The zero-order chi connectivity index (χ0) is 21.3. The number of nitrogens with zero attached hydrogens (tertiary/aromatic N) is 2. The zero-order valence-corrected chi connectivity index (χ0v) is 17.6. The summed E-state index contributed by atoms with van der Waals surface area (Å²) >= 11 is 0. The normalized spacial score (nSPS) is 12.8. The number of hydrogen-bond acceptors (Lipinski definition) is 5. The predicted molar refractivity (Wildman–Crippen MR) is 118 cm³/mol. The first-order valence-corrected chi connectivity index (χ1v) is 10.5. The van der Waals surface area contributed by atoms with E-state index in [4.69, 9.17) is 5.73 Å². The van der Waals surface area contributed by atoms with Crippen molar-refractivity contribution in [3.05, 3.63) is 81.3 Å². The van der Waals surface area contributed by atoms with Crippen LogP contribution in [-0.2, 0) is 10.0 Å². The van der Waals surface area contributed by atoms with Crippen LogP contribution in [-0.4, -0.2) is 25.7 Å². The van der Waals surface area contributed by atoms with Crippen molar-refractivity contribution >= 4 is 32.7 Å². The van der Waals surface area contributed by atoms with E-state index in [0.29, 0.717) is 38.7 Å². The van der Waals surface area contributed by atoms with Gasteiger partial charge in [-0.15, -0.1) is 0 Å². The van der Waals surface area contributed by atoms with E-state index in [0.717, 1.165) is 0 Å². The van der Waals surface area contributed by atoms with E-state index in [9.17, 15) is 13.2 Å². The molecule has 2 aromatic carbocycles. The van der Waals surface area contributed by atoms with Crippen molar-refractivity contribution in [3.8, 4) is 0 Å². The lowest BCUT2D eigenvalue weighted by Gasteiger charge is -2.17. The molecule has 0 amide bonds. The second-order valence-corrected chi connectivity index (χ2v) is 8.69. The Kier molecular flexibility index (Phi) is 5.44. The quantitative estimate of drug-likeness (QED) is 0.670. The lowest BCUT2D eigenvalue weighted by atomic mass is 10.1. The molecule has 0 aliphatic heterocycles. The summed E-state index contributed by atoms with van der Waals surface area (Å²) in [6.07, 6.45) is 4.35. The van der Waals surface area contributed by atoms with E-state index >= 15 is 0 Å². The molecule has 150 valence electrons. The fourth-order valence-corrected chi connectivity index (χ4v) is 5.09. The summed E-state index contributed by atoms with van der Waals surface area (Å²) in [7, 11) is -2.35. The van der Waals surface area contributed by atoms with Gasteiger partial charge in [-0.3, -0.25) is 9.79 Å². The molecule has 29 heavy (non-hydrogen) atoms. The number of hydrogen-bond donors (Lipinski definition) is 1. The third-order valence-corrected chi connectivity index (χ3v) is 6.68. The van der Waals surface area contributed by atoms with Gasteiger partial charge in [-0.25, -0.2) is 12.4 Å². The average Bonchev–Trinajstić information content (AvgIpc) is 2.69. The molecule has 1 aromatic heterocycles. The average molecular weight is 410 g/mol. The van der Waals surface area contributed by atoms with Crippen molar-refractivity contribution in [2.24, 2.45) is 10.7 Å². The van der Waals surface area contributed by atoms with E-state index in [1.807, 2.05) is 0 Å². The molecule has 0 aliphatic rings. The molecule has 7 heteroatoms. The van der Waals surface area contributed by atoms with Crippen LogP contribution >= 0.6 is 0 Å². The zero-order valence-electron chi connectivity index (χ0n) is 16.8. The maximum atomic E-state index is 13.7. The van der Waals surface area contributed by atoms with E-state index in [1.165, 1.54) is 16.4 Å². The number of aromatic nitrogens is 1. The summed E-state index contributed by atoms with van der Waals surface area (Å²) in [5, 5.41) is 0.378. The number of pyridine rings is 1. The molecule has 0 aliphatic carbocycles. The molecule has 0 saturated carbocycles. The van der Waals surface area contributed by atoms with Crippen LogP contribution in [0.5, 0.6) is 0 Å². The smallest absolute Gasteiger partial charge is 0.268 e. The third kappa shape index (κ3) is 3.49. The first-order valence-electron chi connectivity index (χ1n) is 9.04. The minimum atomic E-state index is -3.97. The molecule has 0 atom stereocenters. The highest BCUT2D eigenvalue weighted by Gasteiger charge is 2.23. The molecular formula is C22H23N3O3S. The first-order chi connectivity index (χ1) is 13.7. The number of aliphatic imine (C=N–C) groups is 1. The molecule has 0 saturated heterocycles. The molecule has 0 bridgehead atoms. The van der Waals surface area contributed by atoms with Gasteiger partial charge in [0.05, 0.1) is 10.4 Å². The second kappa shape index (κ2) is 7.67. The summed E-state index contributed by atoms with van der Waals surface area (Å²) in [5.41, 5.74) is 8.82. The van der Waals surface area contributed by atoms with Crippen LogP contribution in [0.25, 0.3) is 16.5 Å². The topological polar surface area (TPSA) is 94.5 Å². The SMILES string of the molecule is CN=C/C(=C\N)c1ccc(C)c(S(=O)(=O)n2cc(C)c(=O)c3cccc(C)c32)c1. The van der Waals surface area contributed by atoms with Gasteiger partial charge >= 0.3 is 0 Å². The number of para-hydroxylation sites is 1. The lowest BCUT2D eigenvalue weighted by Crippen LogP contribution is -2.20. The number of aryl methyl sites for hydroxylation is 3. The highest BCUT2D eigenvalue weighted by Crippen LogP contribution is 2.27. The summed E-state index contributed by atoms with van der Waals surface area (Å²) in [4.78, 5) is 16.7. The van der Waals surface area contributed by atoms with Gasteiger partial charge in [0.15, 0.2) is 5.43 Å². The minimum Gasteiger partial charge on any atom is -0.404 e. The Bertz CT molecular complexity index is 1330. The van der Waals surface area contributed by atoms with Crippen molar-refractivity contribution in [2.75, 3.05) is 7.05 Å². The van der Waals surface area contributed by atoms with Crippen molar-refractivity contribution in [1.82, 2.24) is 3.97 Å². The Morgan fingerprint density at radius 2 is 1.79 bits per heavy atom. The van der Waals surface area contributed by atoms with Crippen LogP contribution in [0.1, 0.15) is 22.3 Å². The molecule has 2 N–H and O–H groups in total. The van der Waals surface area contributed by atoms with Gasteiger partial charge in [0, 0.05) is 42.2 Å². The van der Waals surface area contributed by atoms with Gasteiger partial charge in [-0.05, 0) is 49.6 Å². The third-order valence-electron chi connectivity index (χ3n) is 4.88. The summed E-state index contributed by atoms with van der Waals surface area (Å²) in [6.45, 7) is 5.15. The Balaban J connectivity index is 2.37. The van der Waals surface area contributed by atoms with Gasteiger partial charge in [-0.2, -0.15) is 0 Å². The largest absolute Gasteiger partial charge is 0.404 e. The van der Waals surface area contributed by atoms with Crippen LogP contribution in [0.3, 0.4) is 0 Å². The maximum Gasteiger partial charge on any atom is 0.268 e. The van der Waals surface area contributed by atoms with Gasteiger partial charge in [0.25, 0.3) is 10.0 Å². The van der Waals surface area contributed by atoms with Crippen molar-refractivity contribution in [2.45, 2.75) is 25.7 Å². The van der Waals surface area contributed by atoms with E-state index < -0.39 is 10.0 Å². The number of nitrogens with two attached hydrogens (primary N) is 1. The fraction of sp³-hybridized carbons (Fsp3) is 0.182. The van der Waals surface area contributed by atoms with Gasteiger partial charge < -0.3 is 5.73 Å². The Morgan fingerprint density at radius 1 is 1.07 bits per heavy atom. The standard InChI is InChI=1S/C22H23N3O3S/c1-14-8-9-17(18(11-23)12-24-4)10-20(14)29(27,28)25-13-16(3)22(26)19-7-5-6-15(2)21(19)25/h5-13H,23H2,1-4H3/b18-11+,24-12?. The Hall–Kier alpha value is -3.19. The van der Waals surface area contributed by atoms with Crippen molar-refractivity contribution in [1.29, 1.82) is 0 Å². The second-order valence-electron chi connectivity index (χ2n) is 6.90. The van der Waals surface area contributed by atoms with Crippen LogP contribution < -0.4 is 11.2 Å². The summed E-state index contributed by atoms with van der Waals surface area (Å²) in [5.74, 6) is 0. The summed E-state index contributed by atoms with van der Waals surface area (Å²) in [6, 6.07) is 10.3. The van der Waals surface area contributed by atoms with Gasteiger partial charge in [-0.1, -0.05) is 24.3 Å². The maximum absolute atomic E-state index is 13.7. The highest BCUT2D eigenvalue weighted by molar-refractivity contribution is 7.90. The minimum absolute atomic E-state index is 0.145. The molecule has 0 radical (unpaired) electrons. The molecule has 3 aromatic rings. The molecule has 0 fully saturated rings. The monoisotopic (exact) mass is 409 g/mol. The van der Waals surface area contributed by atoms with Crippen LogP contribution in [0.15, 0.2) is 63.5 Å². The van der Waals surface area contributed by atoms with Crippen molar-refractivity contribution < 1.29 is 8.42 Å². The van der Waals surface area contributed by atoms with E-state index in [1.54, 1.807) is 70.4 Å². The van der Waals surface area contributed by atoms with Crippen LogP contribution in [0, 0.1) is 20.8 Å². The van der Waals surface area contributed by atoms with Crippen molar-refractivity contribution in [3.63, 3.8) is 0 Å². The first kappa shape index (κ1) is 20.5. The van der Waals surface area contributed by atoms with E-state index in [2.05, 4.69) is 4.99 Å². The van der Waals surface area contributed by atoms with Crippen LogP contribution in [0.4, 0.5) is 0 Å². The van der Waals surface area contributed by atoms with E-state index in [-0.39, 0.29) is 10.3 Å².